The lowest BCUT2D eigenvalue weighted by atomic mass is 10.0. The topological polar surface area (TPSA) is 62.7 Å². The lowest BCUT2D eigenvalue weighted by Crippen LogP contribution is -2.32. The average molecular weight is 256 g/mol. The highest BCUT2D eigenvalue weighted by Gasteiger charge is 2.29. The predicted molar refractivity (Wildman–Crippen MR) is 69.5 cm³/mol. The second-order valence-corrected chi connectivity index (χ2v) is 5.01. The molecule has 6 heteroatoms. The summed E-state index contributed by atoms with van der Waals surface area (Å²) in [5.74, 6) is 1.09. The number of hydrogen-bond acceptors (Lipinski definition) is 5. The van der Waals surface area contributed by atoms with Gasteiger partial charge in [0.25, 0.3) is 0 Å². The molecule has 0 aliphatic heterocycles. The van der Waals surface area contributed by atoms with Gasteiger partial charge in [0.15, 0.2) is 0 Å². The van der Waals surface area contributed by atoms with Crippen LogP contribution in [0.4, 0.5) is 11.9 Å². The predicted octanol–water partition coefficient (Wildman–Crippen LogP) is 2.70. The van der Waals surface area contributed by atoms with E-state index in [1.165, 1.54) is 12.8 Å². The molecule has 0 saturated heterocycles. The van der Waals surface area contributed by atoms with Crippen molar-refractivity contribution in [2.75, 3.05) is 17.2 Å². The summed E-state index contributed by atoms with van der Waals surface area (Å²) in [5.41, 5.74) is 0.0914. The highest BCUT2D eigenvalue weighted by atomic mass is 35.5. The van der Waals surface area contributed by atoms with E-state index >= 15 is 0 Å². The van der Waals surface area contributed by atoms with Crippen LogP contribution >= 0.6 is 11.6 Å². The number of nitrogens with zero attached hydrogens (tertiary/aromatic N) is 3. The van der Waals surface area contributed by atoms with Gasteiger partial charge in [-0.05, 0) is 38.3 Å². The van der Waals surface area contributed by atoms with Crippen LogP contribution in [-0.2, 0) is 0 Å². The smallest absolute Gasteiger partial charge is 0.229 e. The fourth-order valence-corrected chi connectivity index (χ4v) is 2.35. The molecule has 0 spiro atoms. The third-order valence-corrected chi connectivity index (χ3v) is 3.23. The first-order chi connectivity index (χ1) is 8.11. The molecule has 2 rings (SSSR count). The maximum Gasteiger partial charge on any atom is 0.229 e. The van der Waals surface area contributed by atoms with Gasteiger partial charge in [-0.2, -0.15) is 15.0 Å². The van der Waals surface area contributed by atoms with E-state index in [-0.39, 0.29) is 10.8 Å². The third-order valence-electron chi connectivity index (χ3n) is 3.06. The Hall–Kier alpha value is -1.10. The van der Waals surface area contributed by atoms with Crippen LogP contribution in [0.15, 0.2) is 0 Å². The van der Waals surface area contributed by atoms with Crippen molar-refractivity contribution >= 4 is 23.5 Å². The Labute approximate surface area is 106 Å². The van der Waals surface area contributed by atoms with Crippen LogP contribution in [-0.4, -0.2) is 27.0 Å². The molecular weight excluding hydrogens is 238 g/mol. The van der Waals surface area contributed by atoms with Crippen LogP contribution in [0.25, 0.3) is 0 Å². The molecule has 0 aromatic carbocycles. The van der Waals surface area contributed by atoms with Crippen LogP contribution in [0.2, 0.25) is 5.28 Å². The van der Waals surface area contributed by atoms with E-state index in [4.69, 9.17) is 11.6 Å². The van der Waals surface area contributed by atoms with Gasteiger partial charge < -0.3 is 10.6 Å². The van der Waals surface area contributed by atoms with E-state index in [9.17, 15) is 0 Å². The van der Waals surface area contributed by atoms with E-state index in [1.807, 2.05) is 6.92 Å². The first-order valence-electron chi connectivity index (χ1n) is 6.05. The Balaban J connectivity index is 2.14. The van der Waals surface area contributed by atoms with Crippen molar-refractivity contribution < 1.29 is 0 Å². The summed E-state index contributed by atoms with van der Waals surface area (Å²) in [6.07, 6.45) is 4.80. The van der Waals surface area contributed by atoms with Crippen LogP contribution in [0.1, 0.15) is 39.5 Å². The van der Waals surface area contributed by atoms with E-state index in [0.717, 1.165) is 19.4 Å². The SMILES string of the molecule is CCNc1nc(Cl)nc(NC2(C)CCCC2)n1. The Morgan fingerprint density at radius 3 is 2.47 bits per heavy atom. The molecule has 0 radical (unpaired) electrons. The summed E-state index contributed by atoms with van der Waals surface area (Å²) in [7, 11) is 0. The van der Waals surface area contributed by atoms with Crippen LogP contribution < -0.4 is 10.6 Å². The minimum absolute atomic E-state index is 0.0914. The Morgan fingerprint density at radius 2 is 1.82 bits per heavy atom. The second kappa shape index (κ2) is 5.04. The number of halogens is 1. The summed E-state index contributed by atoms with van der Waals surface area (Å²) < 4.78 is 0. The van der Waals surface area contributed by atoms with Crippen molar-refractivity contribution in [1.29, 1.82) is 0 Å². The lowest BCUT2D eigenvalue weighted by molar-refractivity contribution is 0.528. The molecule has 1 saturated carbocycles. The van der Waals surface area contributed by atoms with Gasteiger partial charge in [0.2, 0.25) is 17.2 Å². The molecule has 1 aromatic heterocycles. The molecule has 1 heterocycles. The number of nitrogens with one attached hydrogen (secondary N) is 2. The minimum atomic E-state index is 0.0914. The van der Waals surface area contributed by atoms with Crippen molar-refractivity contribution in [2.24, 2.45) is 0 Å². The minimum Gasteiger partial charge on any atom is -0.354 e. The third kappa shape index (κ3) is 3.19. The van der Waals surface area contributed by atoms with Gasteiger partial charge in [0.1, 0.15) is 0 Å². The Morgan fingerprint density at radius 1 is 1.18 bits per heavy atom. The Bertz CT molecular complexity index is 389. The summed E-state index contributed by atoms with van der Waals surface area (Å²) >= 11 is 5.87. The maximum absolute atomic E-state index is 5.87. The molecule has 0 amide bonds. The normalized spacial score (nSPS) is 18.1. The Kier molecular flexibility index (Phi) is 3.66. The molecule has 17 heavy (non-hydrogen) atoms. The van der Waals surface area contributed by atoms with Crippen LogP contribution in [0.3, 0.4) is 0 Å². The van der Waals surface area contributed by atoms with Gasteiger partial charge in [0.05, 0.1) is 0 Å². The highest BCUT2D eigenvalue weighted by Crippen LogP contribution is 2.31. The zero-order chi connectivity index (χ0) is 12.3. The number of anilines is 2. The van der Waals surface area contributed by atoms with Crippen molar-refractivity contribution in [3.63, 3.8) is 0 Å². The highest BCUT2D eigenvalue weighted by molar-refractivity contribution is 6.28. The molecule has 1 fully saturated rings. The summed E-state index contributed by atoms with van der Waals surface area (Å²) in [6.45, 7) is 4.95. The summed E-state index contributed by atoms with van der Waals surface area (Å²) in [5, 5.41) is 6.63. The molecule has 0 bridgehead atoms. The summed E-state index contributed by atoms with van der Waals surface area (Å²) in [6, 6.07) is 0. The van der Waals surface area contributed by atoms with Gasteiger partial charge in [-0.15, -0.1) is 0 Å². The molecule has 0 unspecified atom stereocenters. The molecule has 5 nitrogen and oxygen atoms in total. The van der Waals surface area contributed by atoms with Crippen molar-refractivity contribution in [3.8, 4) is 0 Å². The zero-order valence-electron chi connectivity index (χ0n) is 10.3. The van der Waals surface area contributed by atoms with Crippen molar-refractivity contribution in [1.82, 2.24) is 15.0 Å². The molecule has 0 atom stereocenters. The van der Waals surface area contributed by atoms with E-state index in [2.05, 4.69) is 32.5 Å². The molecule has 94 valence electrons. The van der Waals surface area contributed by atoms with Crippen molar-refractivity contribution in [2.45, 2.75) is 45.1 Å². The largest absolute Gasteiger partial charge is 0.354 e. The van der Waals surface area contributed by atoms with Gasteiger partial charge in [-0.25, -0.2) is 0 Å². The van der Waals surface area contributed by atoms with Crippen LogP contribution in [0, 0.1) is 0 Å². The lowest BCUT2D eigenvalue weighted by Gasteiger charge is -2.25. The van der Waals surface area contributed by atoms with Gasteiger partial charge in [-0.3, -0.25) is 0 Å². The standard InChI is InChI=1S/C11H18ClN5/c1-3-13-9-14-8(12)15-10(16-9)17-11(2)6-4-5-7-11/h3-7H2,1-2H3,(H2,13,14,15,16,17). The number of aromatic nitrogens is 3. The second-order valence-electron chi connectivity index (χ2n) is 4.67. The molecule has 1 aliphatic rings. The molecule has 1 aromatic rings. The van der Waals surface area contributed by atoms with Gasteiger partial charge >= 0.3 is 0 Å². The first-order valence-corrected chi connectivity index (χ1v) is 6.43. The summed E-state index contributed by atoms with van der Waals surface area (Å²) in [4.78, 5) is 12.4. The number of hydrogen-bond donors (Lipinski definition) is 2. The molecule has 1 aliphatic carbocycles. The monoisotopic (exact) mass is 255 g/mol. The maximum atomic E-state index is 5.87. The molecular formula is C11H18ClN5. The van der Waals surface area contributed by atoms with Crippen molar-refractivity contribution in [3.05, 3.63) is 5.28 Å². The van der Waals surface area contributed by atoms with E-state index in [0.29, 0.717) is 11.9 Å². The number of rotatable bonds is 4. The molecule has 2 N–H and O–H groups in total. The zero-order valence-corrected chi connectivity index (χ0v) is 11.0. The van der Waals surface area contributed by atoms with Gasteiger partial charge in [-0.1, -0.05) is 12.8 Å². The fourth-order valence-electron chi connectivity index (χ4n) is 2.19. The fraction of sp³-hybridized carbons (Fsp3) is 0.727. The van der Waals surface area contributed by atoms with E-state index in [1.54, 1.807) is 0 Å². The van der Waals surface area contributed by atoms with Gasteiger partial charge in [0, 0.05) is 12.1 Å². The average Bonchev–Trinajstić information content (AvgIpc) is 2.64. The quantitative estimate of drug-likeness (QED) is 0.866. The first kappa shape index (κ1) is 12.4. The van der Waals surface area contributed by atoms with Crippen LogP contribution in [0.5, 0.6) is 0 Å². The van der Waals surface area contributed by atoms with E-state index < -0.39 is 0 Å².